The molecule has 0 aliphatic carbocycles. The van der Waals surface area contributed by atoms with E-state index in [9.17, 15) is 0 Å². The molecule has 0 aromatic heterocycles. The van der Waals surface area contributed by atoms with Crippen molar-refractivity contribution in [1.29, 1.82) is 0 Å². The van der Waals surface area contributed by atoms with Gasteiger partial charge in [0.1, 0.15) is 0 Å². The molecular weight excluding hydrogens is 230 g/mol. The fourth-order valence-electron chi connectivity index (χ4n) is 2.52. The van der Waals surface area contributed by atoms with Crippen LogP contribution >= 0.6 is 0 Å². The highest BCUT2D eigenvalue weighted by molar-refractivity contribution is 4.51. The summed E-state index contributed by atoms with van der Waals surface area (Å²) in [6, 6.07) is 0. The first-order valence-electron chi connectivity index (χ1n) is 9.12. The minimum Gasteiger partial charge on any atom is -0.317 e. The SMILES string of the molecule is CCCCCCCCCCCCCCNCCCC. The van der Waals surface area contributed by atoms with Gasteiger partial charge in [0.15, 0.2) is 0 Å². The lowest BCUT2D eigenvalue weighted by Gasteiger charge is -2.04. The van der Waals surface area contributed by atoms with Crippen molar-refractivity contribution in [3.8, 4) is 0 Å². The Morgan fingerprint density at radius 3 is 1.26 bits per heavy atom. The van der Waals surface area contributed by atoms with Gasteiger partial charge >= 0.3 is 0 Å². The van der Waals surface area contributed by atoms with Gasteiger partial charge in [0.2, 0.25) is 0 Å². The maximum atomic E-state index is 3.52. The fourth-order valence-corrected chi connectivity index (χ4v) is 2.52. The minimum atomic E-state index is 1.22. The van der Waals surface area contributed by atoms with Crippen molar-refractivity contribution in [3.63, 3.8) is 0 Å². The van der Waals surface area contributed by atoms with E-state index >= 15 is 0 Å². The summed E-state index contributed by atoms with van der Waals surface area (Å²) in [5.74, 6) is 0. The highest BCUT2D eigenvalue weighted by Gasteiger charge is 1.93. The Morgan fingerprint density at radius 1 is 0.421 bits per heavy atom. The summed E-state index contributed by atoms with van der Waals surface area (Å²) in [6.45, 7) is 7.00. The van der Waals surface area contributed by atoms with Gasteiger partial charge in [-0.15, -0.1) is 0 Å². The van der Waals surface area contributed by atoms with Crippen molar-refractivity contribution in [1.82, 2.24) is 5.32 Å². The normalized spacial score (nSPS) is 11.1. The van der Waals surface area contributed by atoms with Gasteiger partial charge in [-0.3, -0.25) is 0 Å². The number of hydrogen-bond acceptors (Lipinski definition) is 1. The summed E-state index contributed by atoms with van der Waals surface area (Å²) in [5, 5.41) is 3.52. The smallest absolute Gasteiger partial charge is 0.00489 e. The summed E-state index contributed by atoms with van der Waals surface area (Å²) in [6.07, 6.45) is 20.0. The molecule has 0 rings (SSSR count). The first kappa shape index (κ1) is 19.0. The van der Waals surface area contributed by atoms with Crippen LogP contribution in [0.15, 0.2) is 0 Å². The summed E-state index contributed by atoms with van der Waals surface area (Å²) in [4.78, 5) is 0. The van der Waals surface area contributed by atoms with Crippen LogP contribution in [0.1, 0.15) is 104 Å². The van der Waals surface area contributed by atoms with E-state index in [1.807, 2.05) is 0 Å². The quantitative estimate of drug-likeness (QED) is 0.335. The topological polar surface area (TPSA) is 12.0 Å². The third-order valence-corrected chi connectivity index (χ3v) is 3.91. The van der Waals surface area contributed by atoms with Crippen LogP contribution < -0.4 is 5.32 Å². The largest absolute Gasteiger partial charge is 0.317 e. The van der Waals surface area contributed by atoms with E-state index in [-0.39, 0.29) is 0 Å². The second-order valence-corrected chi connectivity index (χ2v) is 5.99. The molecule has 0 saturated carbocycles. The molecule has 0 aliphatic heterocycles. The van der Waals surface area contributed by atoms with Crippen LogP contribution in [0.4, 0.5) is 0 Å². The molecule has 1 heteroatoms. The van der Waals surface area contributed by atoms with Crippen LogP contribution in [-0.4, -0.2) is 13.1 Å². The highest BCUT2D eigenvalue weighted by atomic mass is 14.8. The van der Waals surface area contributed by atoms with Gasteiger partial charge in [0.05, 0.1) is 0 Å². The Morgan fingerprint density at radius 2 is 0.789 bits per heavy atom. The number of nitrogens with one attached hydrogen (secondary N) is 1. The molecule has 116 valence electrons. The Hall–Kier alpha value is -0.0400. The van der Waals surface area contributed by atoms with Crippen LogP contribution in [0, 0.1) is 0 Å². The third-order valence-electron chi connectivity index (χ3n) is 3.91. The molecule has 0 bridgehead atoms. The van der Waals surface area contributed by atoms with Crippen LogP contribution in [-0.2, 0) is 0 Å². The molecule has 0 heterocycles. The molecule has 0 aromatic carbocycles. The van der Waals surface area contributed by atoms with E-state index in [2.05, 4.69) is 19.2 Å². The molecule has 0 aromatic rings. The van der Waals surface area contributed by atoms with Gasteiger partial charge < -0.3 is 5.32 Å². The first-order chi connectivity index (χ1) is 9.41. The summed E-state index contributed by atoms with van der Waals surface area (Å²) < 4.78 is 0. The van der Waals surface area contributed by atoms with Crippen LogP contribution in [0.3, 0.4) is 0 Å². The molecule has 0 fully saturated rings. The van der Waals surface area contributed by atoms with Gasteiger partial charge in [-0.1, -0.05) is 90.9 Å². The van der Waals surface area contributed by atoms with E-state index < -0.39 is 0 Å². The van der Waals surface area contributed by atoms with Gasteiger partial charge in [0.25, 0.3) is 0 Å². The molecule has 0 amide bonds. The zero-order valence-electron chi connectivity index (χ0n) is 13.8. The van der Waals surface area contributed by atoms with Crippen molar-refractivity contribution >= 4 is 0 Å². The lowest BCUT2D eigenvalue weighted by atomic mass is 10.1. The molecule has 1 N–H and O–H groups in total. The first-order valence-corrected chi connectivity index (χ1v) is 9.12. The standard InChI is InChI=1S/C18H39N/c1-3-5-7-8-9-10-11-12-13-14-15-16-18-19-17-6-4-2/h19H,3-18H2,1-2H3. The summed E-state index contributed by atoms with van der Waals surface area (Å²) in [5.41, 5.74) is 0. The van der Waals surface area contributed by atoms with E-state index in [0.29, 0.717) is 0 Å². The number of hydrogen-bond donors (Lipinski definition) is 1. The lowest BCUT2D eigenvalue weighted by molar-refractivity contribution is 0.533. The average Bonchev–Trinajstić information content (AvgIpc) is 2.43. The van der Waals surface area contributed by atoms with Gasteiger partial charge in [-0.25, -0.2) is 0 Å². The fraction of sp³-hybridized carbons (Fsp3) is 1.00. The van der Waals surface area contributed by atoms with E-state index in [1.54, 1.807) is 0 Å². The number of rotatable bonds is 16. The Kier molecular flexibility index (Phi) is 17.9. The highest BCUT2D eigenvalue weighted by Crippen LogP contribution is 2.11. The van der Waals surface area contributed by atoms with Crippen LogP contribution in [0.2, 0.25) is 0 Å². The van der Waals surface area contributed by atoms with Gasteiger partial charge in [-0.05, 0) is 25.9 Å². The van der Waals surface area contributed by atoms with Crippen molar-refractivity contribution in [2.45, 2.75) is 104 Å². The van der Waals surface area contributed by atoms with Crippen molar-refractivity contribution in [2.24, 2.45) is 0 Å². The van der Waals surface area contributed by atoms with Crippen LogP contribution in [0.25, 0.3) is 0 Å². The zero-order chi connectivity index (χ0) is 14.0. The maximum absolute atomic E-state index is 3.52. The molecule has 0 saturated heterocycles. The van der Waals surface area contributed by atoms with Gasteiger partial charge in [-0.2, -0.15) is 0 Å². The van der Waals surface area contributed by atoms with E-state index in [0.717, 1.165) is 0 Å². The second kappa shape index (κ2) is 18.0. The second-order valence-electron chi connectivity index (χ2n) is 5.99. The van der Waals surface area contributed by atoms with E-state index in [1.165, 1.54) is 103 Å². The van der Waals surface area contributed by atoms with Crippen molar-refractivity contribution < 1.29 is 0 Å². The molecule has 0 radical (unpaired) electrons. The predicted molar refractivity (Wildman–Crippen MR) is 88.9 cm³/mol. The molecule has 0 unspecified atom stereocenters. The molecule has 19 heavy (non-hydrogen) atoms. The molecule has 0 aliphatic rings. The summed E-state index contributed by atoms with van der Waals surface area (Å²) >= 11 is 0. The van der Waals surface area contributed by atoms with Crippen molar-refractivity contribution in [2.75, 3.05) is 13.1 Å². The van der Waals surface area contributed by atoms with Crippen molar-refractivity contribution in [3.05, 3.63) is 0 Å². The average molecular weight is 270 g/mol. The molecular formula is C18H39N. The summed E-state index contributed by atoms with van der Waals surface area (Å²) in [7, 11) is 0. The molecule has 0 atom stereocenters. The van der Waals surface area contributed by atoms with Gasteiger partial charge in [0, 0.05) is 0 Å². The van der Waals surface area contributed by atoms with E-state index in [4.69, 9.17) is 0 Å². The minimum absolute atomic E-state index is 1.22. The molecule has 1 nitrogen and oxygen atoms in total. The molecule has 0 spiro atoms. The number of unbranched alkanes of at least 4 members (excludes halogenated alkanes) is 12. The predicted octanol–water partition coefficient (Wildman–Crippen LogP) is 6.08. The lowest BCUT2D eigenvalue weighted by Crippen LogP contribution is -2.16. The Balaban J connectivity index is 2.88. The zero-order valence-corrected chi connectivity index (χ0v) is 13.8. The van der Waals surface area contributed by atoms with Crippen LogP contribution in [0.5, 0.6) is 0 Å². The maximum Gasteiger partial charge on any atom is -0.00489 e. The monoisotopic (exact) mass is 269 g/mol. The Bertz CT molecular complexity index is 129. The Labute approximate surface area is 122 Å². The third kappa shape index (κ3) is 18.0.